The highest BCUT2D eigenvalue weighted by Gasteiger charge is 2.15. The second-order valence-electron chi connectivity index (χ2n) is 6.32. The number of hydrogen-bond donors (Lipinski definition) is 4. The van der Waals surface area contributed by atoms with Gasteiger partial charge in [0.05, 0.1) is 24.0 Å². The topological polar surface area (TPSA) is 134 Å². The number of carbonyl (C=O) groups is 2. The maximum absolute atomic E-state index is 12.3. The first-order valence-electron chi connectivity index (χ1n) is 8.79. The van der Waals surface area contributed by atoms with Crippen molar-refractivity contribution < 1.29 is 14.7 Å². The number of fused-ring (bicyclic) bond motifs is 1. The molecule has 0 unspecified atom stereocenters. The molecule has 0 aliphatic rings. The number of aromatic nitrogens is 2. The molecule has 0 saturated heterocycles. The summed E-state index contributed by atoms with van der Waals surface area (Å²) < 4.78 is 1.87. The molecular weight excluding hydrogens is 370 g/mol. The molecule has 5 N–H and O–H groups in total. The minimum absolute atomic E-state index is 0.0211. The largest absolute Gasteiger partial charge is 0.481 e. The summed E-state index contributed by atoms with van der Waals surface area (Å²) in [4.78, 5) is 27.5. The van der Waals surface area contributed by atoms with Crippen LogP contribution < -0.4 is 11.1 Å². The minimum Gasteiger partial charge on any atom is -0.481 e. The quantitative estimate of drug-likeness (QED) is 0.278. The number of nitrogens with one attached hydrogen (secondary N) is 2. The number of amidine groups is 1. The van der Waals surface area contributed by atoms with Crippen LogP contribution >= 0.6 is 0 Å². The average Bonchev–Trinajstić information content (AvgIpc) is 3.05. The third-order valence-electron chi connectivity index (χ3n) is 4.34. The van der Waals surface area contributed by atoms with E-state index in [2.05, 4.69) is 16.2 Å². The van der Waals surface area contributed by atoms with Gasteiger partial charge in [-0.15, -0.1) is 6.42 Å². The highest BCUT2D eigenvalue weighted by Crippen LogP contribution is 2.26. The number of imidazole rings is 1. The maximum atomic E-state index is 12.3. The first kappa shape index (κ1) is 19.6. The second kappa shape index (κ2) is 8.27. The summed E-state index contributed by atoms with van der Waals surface area (Å²) >= 11 is 0. The number of aliphatic carboxylic acids is 1. The van der Waals surface area contributed by atoms with E-state index < -0.39 is 5.97 Å². The van der Waals surface area contributed by atoms with Crippen molar-refractivity contribution in [1.82, 2.24) is 14.9 Å². The standard InChI is InChI=1S/C21H19N5O3/c1-2-11-26-17-8-7-15(21(29)24-10-9-18(27)28)12-16(17)25-20(26)14-5-3-13(4-6-14)19(22)23/h1,3-8,12H,9-11H2,(H3,22,23)(H,24,29)(H,27,28). The zero-order valence-electron chi connectivity index (χ0n) is 15.5. The van der Waals surface area contributed by atoms with Crippen LogP contribution in [0.4, 0.5) is 0 Å². The van der Waals surface area contributed by atoms with Crippen molar-refractivity contribution in [3.63, 3.8) is 0 Å². The van der Waals surface area contributed by atoms with Gasteiger partial charge in [0.2, 0.25) is 0 Å². The molecule has 0 atom stereocenters. The molecule has 0 spiro atoms. The van der Waals surface area contributed by atoms with E-state index in [9.17, 15) is 9.59 Å². The molecule has 0 bridgehead atoms. The van der Waals surface area contributed by atoms with Gasteiger partial charge in [-0.2, -0.15) is 0 Å². The molecular formula is C21H19N5O3. The van der Waals surface area contributed by atoms with Crippen molar-refractivity contribution in [3.05, 3.63) is 53.6 Å². The van der Waals surface area contributed by atoms with E-state index in [-0.39, 0.29) is 24.7 Å². The lowest BCUT2D eigenvalue weighted by molar-refractivity contribution is -0.136. The van der Waals surface area contributed by atoms with Gasteiger partial charge in [-0.25, -0.2) is 4.98 Å². The Morgan fingerprint density at radius 1 is 1.21 bits per heavy atom. The summed E-state index contributed by atoms with van der Waals surface area (Å²) in [5.41, 5.74) is 8.66. The van der Waals surface area contributed by atoms with Gasteiger partial charge in [0.1, 0.15) is 11.7 Å². The molecule has 8 nitrogen and oxygen atoms in total. The SMILES string of the molecule is C#CCn1c(-c2ccc(C(=N)N)cc2)nc2cc(C(=O)NCCC(=O)O)ccc21. The monoisotopic (exact) mass is 389 g/mol. The Balaban J connectivity index is 1.97. The van der Waals surface area contributed by atoms with Crippen LogP contribution in [0.2, 0.25) is 0 Å². The third-order valence-corrected chi connectivity index (χ3v) is 4.34. The number of carboxylic acids is 1. The van der Waals surface area contributed by atoms with Crippen LogP contribution in [0.5, 0.6) is 0 Å². The Hall–Kier alpha value is -4.12. The zero-order valence-corrected chi connectivity index (χ0v) is 15.5. The fourth-order valence-corrected chi connectivity index (χ4v) is 2.93. The number of nitrogen functional groups attached to an aromatic ring is 1. The molecule has 3 rings (SSSR count). The molecule has 0 saturated carbocycles. The van der Waals surface area contributed by atoms with E-state index in [1.807, 2.05) is 16.7 Å². The molecule has 29 heavy (non-hydrogen) atoms. The Labute approximate surface area is 166 Å². The van der Waals surface area contributed by atoms with E-state index in [1.165, 1.54) is 0 Å². The predicted octanol–water partition coefficient (Wildman–Crippen LogP) is 1.83. The second-order valence-corrected chi connectivity index (χ2v) is 6.32. The van der Waals surface area contributed by atoms with Gasteiger partial charge in [-0.1, -0.05) is 30.2 Å². The fourth-order valence-electron chi connectivity index (χ4n) is 2.93. The number of rotatable bonds is 7. The van der Waals surface area contributed by atoms with Crippen molar-refractivity contribution in [1.29, 1.82) is 5.41 Å². The maximum Gasteiger partial charge on any atom is 0.305 e. The Bertz CT molecular complexity index is 1140. The Morgan fingerprint density at radius 3 is 2.52 bits per heavy atom. The summed E-state index contributed by atoms with van der Waals surface area (Å²) in [5, 5.41) is 18.8. The lowest BCUT2D eigenvalue weighted by Crippen LogP contribution is -2.25. The Kier molecular flexibility index (Phi) is 5.60. The summed E-state index contributed by atoms with van der Waals surface area (Å²) in [6.07, 6.45) is 5.38. The fraction of sp³-hybridized carbons (Fsp3) is 0.143. The number of amides is 1. The lowest BCUT2D eigenvalue weighted by atomic mass is 10.1. The number of carbonyl (C=O) groups excluding carboxylic acids is 1. The van der Waals surface area contributed by atoms with Crippen LogP contribution in [0.3, 0.4) is 0 Å². The van der Waals surface area contributed by atoms with Gasteiger partial charge in [0.25, 0.3) is 5.91 Å². The number of benzene rings is 2. The van der Waals surface area contributed by atoms with Crippen molar-refractivity contribution in [2.24, 2.45) is 5.73 Å². The van der Waals surface area contributed by atoms with Crippen molar-refractivity contribution in [3.8, 4) is 23.7 Å². The van der Waals surface area contributed by atoms with Gasteiger partial charge < -0.3 is 20.7 Å². The summed E-state index contributed by atoms with van der Waals surface area (Å²) in [7, 11) is 0. The molecule has 1 heterocycles. The van der Waals surface area contributed by atoms with Crippen molar-refractivity contribution >= 4 is 28.7 Å². The van der Waals surface area contributed by atoms with Gasteiger partial charge in [0.15, 0.2) is 0 Å². The molecule has 2 aromatic carbocycles. The van der Waals surface area contributed by atoms with Crippen molar-refractivity contribution in [2.75, 3.05) is 6.54 Å². The van der Waals surface area contributed by atoms with Gasteiger partial charge in [-0.05, 0) is 18.2 Å². The first-order valence-corrected chi connectivity index (χ1v) is 8.79. The van der Waals surface area contributed by atoms with Crippen LogP contribution in [0.25, 0.3) is 22.4 Å². The predicted molar refractivity (Wildman–Crippen MR) is 110 cm³/mol. The molecule has 0 aliphatic carbocycles. The molecule has 0 radical (unpaired) electrons. The number of nitrogens with two attached hydrogens (primary N) is 1. The van der Waals surface area contributed by atoms with E-state index in [0.717, 1.165) is 11.1 Å². The van der Waals surface area contributed by atoms with Crippen molar-refractivity contribution in [2.45, 2.75) is 13.0 Å². The van der Waals surface area contributed by atoms with Crippen LogP contribution in [-0.2, 0) is 11.3 Å². The molecule has 1 amide bonds. The number of terminal acetylenes is 1. The minimum atomic E-state index is -0.978. The van der Waals surface area contributed by atoms with Crippen LogP contribution in [-0.4, -0.2) is 38.9 Å². The normalized spacial score (nSPS) is 10.4. The number of nitrogens with zero attached hydrogens (tertiary/aromatic N) is 2. The highest BCUT2D eigenvalue weighted by atomic mass is 16.4. The Morgan fingerprint density at radius 2 is 1.90 bits per heavy atom. The molecule has 146 valence electrons. The molecule has 0 fully saturated rings. The summed E-state index contributed by atoms with van der Waals surface area (Å²) in [6.45, 7) is 0.343. The van der Waals surface area contributed by atoms with Gasteiger partial charge in [-0.3, -0.25) is 15.0 Å². The molecule has 3 aromatic rings. The third kappa shape index (κ3) is 4.25. The van der Waals surface area contributed by atoms with E-state index in [1.54, 1.807) is 30.3 Å². The first-order chi connectivity index (χ1) is 13.9. The average molecular weight is 389 g/mol. The van der Waals surface area contributed by atoms with E-state index in [0.29, 0.717) is 29.0 Å². The van der Waals surface area contributed by atoms with Gasteiger partial charge in [0, 0.05) is 23.2 Å². The van der Waals surface area contributed by atoms with Gasteiger partial charge >= 0.3 is 5.97 Å². The van der Waals surface area contributed by atoms with Crippen LogP contribution in [0, 0.1) is 17.8 Å². The summed E-state index contributed by atoms with van der Waals surface area (Å²) in [6, 6.07) is 12.1. The molecule has 8 heteroatoms. The summed E-state index contributed by atoms with van der Waals surface area (Å²) in [5.74, 6) is 1.88. The molecule has 0 aliphatic heterocycles. The van der Waals surface area contributed by atoms with Crippen LogP contribution in [0.1, 0.15) is 22.3 Å². The molecule has 1 aromatic heterocycles. The smallest absolute Gasteiger partial charge is 0.305 e. The number of carboxylic acid groups (broad SMARTS) is 1. The zero-order chi connectivity index (χ0) is 21.0. The highest BCUT2D eigenvalue weighted by molar-refractivity contribution is 5.98. The lowest BCUT2D eigenvalue weighted by Gasteiger charge is -2.07. The number of hydrogen-bond acceptors (Lipinski definition) is 4. The van der Waals surface area contributed by atoms with E-state index in [4.69, 9.17) is 22.7 Å². The van der Waals surface area contributed by atoms with Crippen LogP contribution in [0.15, 0.2) is 42.5 Å². The van der Waals surface area contributed by atoms with E-state index >= 15 is 0 Å².